The van der Waals surface area contributed by atoms with Crippen molar-refractivity contribution in [2.75, 3.05) is 4.90 Å². The predicted octanol–water partition coefficient (Wildman–Crippen LogP) is 6.49. The van der Waals surface area contributed by atoms with E-state index in [2.05, 4.69) is 11.0 Å². The van der Waals surface area contributed by atoms with Crippen LogP contribution in [0.2, 0.25) is 10.0 Å². The lowest BCUT2D eigenvalue weighted by atomic mass is 9.99. The van der Waals surface area contributed by atoms with Crippen molar-refractivity contribution in [2.24, 2.45) is 0 Å². The Morgan fingerprint density at radius 2 is 1.69 bits per heavy atom. The maximum atomic E-state index is 13.2. The van der Waals surface area contributed by atoms with Gasteiger partial charge in [0.15, 0.2) is 0 Å². The van der Waals surface area contributed by atoms with E-state index >= 15 is 0 Å². The Kier molecular flexibility index (Phi) is 4.43. The van der Waals surface area contributed by atoms with Gasteiger partial charge in [-0.1, -0.05) is 23.2 Å². The Morgan fingerprint density at radius 1 is 1.00 bits per heavy atom. The number of rotatable bonds is 2. The van der Waals surface area contributed by atoms with E-state index in [4.69, 9.17) is 28.2 Å². The molecule has 2 heterocycles. The van der Waals surface area contributed by atoms with Crippen LogP contribution in [0.15, 0.2) is 54.7 Å². The zero-order valence-electron chi connectivity index (χ0n) is 14.0. The highest BCUT2D eigenvalue weighted by molar-refractivity contribution is 6.35. The molecule has 0 unspecified atom stereocenters. The first kappa shape index (κ1) is 17.1. The molecule has 1 aliphatic heterocycles. The molecular formula is C21H15Cl2FN2. The molecule has 1 aliphatic rings. The zero-order valence-corrected chi connectivity index (χ0v) is 15.5. The minimum absolute atomic E-state index is 0.251. The summed E-state index contributed by atoms with van der Waals surface area (Å²) in [6.07, 6.45) is 4.06. The first-order valence-corrected chi connectivity index (χ1v) is 8.92. The van der Waals surface area contributed by atoms with Crippen LogP contribution in [0.3, 0.4) is 0 Å². The van der Waals surface area contributed by atoms with Gasteiger partial charge in [0.2, 0.25) is 0 Å². The normalized spacial score (nSPS) is 13.0. The Hall–Kier alpha value is -2.36. The molecule has 0 spiro atoms. The van der Waals surface area contributed by atoms with E-state index in [1.54, 1.807) is 18.2 Å². The molecule has 0 saturated carbocycles. The summed E-state index contributed by atoms with van der Waals surface area (Å²) in [6.45, 7) is 2.68. The van der Waals surface area contributed by atoms with Crippen molar-refractivity contribution in [2.45, 2.75) is 13.5 Å². The lowest BCUT2D eigenvalue weighted by Gasteiger charge is -2.27. The molecule has 0 amide bonds. The average Bonchev–Trinajstić information content (AvgIpc) is 2.61. The summed E-state index contributed by atoms with van der Waals surface area (Å²) in [5, 5.41) is 1.21. The Balaban J connectivity index is 1.70. The molecule has 0 aliphatic carbocycles. The summed E-state index contributed by atoms with van der Waals surface area (Å²) in [7, 11) is 0. The number of fused-ring (bicyclic) bond motifs is 1. The molecule has 0 radical (unpaired) electrons. The molecule has 2 nitrogen and oxygen atoms in total. The summed E-state index contributed by atoms with van der Waals surface area (Å²) < 4.78 is 13.2. The van der Waals surface area contributed by atoms with Gasteiger partial charge in [-0.3, -0.25) is 4.98 Å². The molecule has 2 aromatic carbocycles. The molecule has 5 heteroatoms. The van der Waals surface area contributed by atoms with Gasteiger partial charge in [0.05, 0.1) is 5.69 Å². The smallest absolute Gasteiger partial charge is 0.123 e. The van der Waals surface area contributed by atoms with E-state index in [1.165, 1.54) is 12.1 Å². The predicted molar refractivity (Wildman–Crippen MR) is 106 cm³/mol. The van der Waals surface area contributed by atoms with E-state index in [0.717, 1.165) is 33.8 Å². The Bertz CT molecular complexity index is 993. The van der Waals surface area contributed by atoms with Crippen LogP contribution in [-0.2, 0) is 6.54 Å². The van der Waals surface area contributed by atoms with Gasteiger partial charge in [0, 0.05) is 45.3 Å². The first-order valence-electron chi connectivity index (χ1n) is 8.17. The van der Waals surface area contributed by atoms with E-state index in [0.29, 0.717) is 16.6 Å². The van der Waals surface area contributed by atoms with E-state index in [9.17, 15) is 4.39 Å². The summed E-state index contributed by atoms with van der Waals surface area (Å²) in [5.74, 6) is -0.251. The van der Waals surface area contributed by atoms with Crippen molar-refractivity contribution in [1.82, 2.24) is 4.98 Å². The van der Waals surface area contributed by atoms with Crippen molar-refractivity contribution in [3.05, 3.63) is 87.4 Å². The van der Waals surface area contributed by atoms with Gasteiger partial charge in [0.1, 0.15) is 5.82 Å². The highest BCUT2D eigenvalue weighted by atomic mass is 35.5. The minimum Gasteiger partial charge on any atom is -0.343 e. The first-order chi connectivity index (χ1) is 12.5. The third-order valence-electron chi connectivity index (χ3n) is 4.45. The van der Waals surface area contributed by atoms with Crippen molar-refractivity contribution >= 4 is 35.0 Å². The molecule has 0 fully saturated rings. The van der Waals surface area contributed by atoms with Crippen LogP contribution in [0.1, 0.15) is 16.8 Å². The zero-order chi connectivity index (χ0) is 18.3. The fourth-order valence-electron chi connectivity index (χ4n) is 3.12. The highest BCUT2D eigenvalue weighted by Crippen LogP contribution is 2.32. The second kappa shape index (κ2) is 6.75. The maximum Gasteiger partial charge on any atom is 0.123 e. The molecule has 3 aromatic rings. The second-order valence-corrected chi connectivity index (χ2v) is 7.11. The van der Waals surface area contributed by atoms with Gasteiger partial charge in [-0.2, -0.15) is 0 Å². The number of hydrogen-bond donors (Lipinski definition) is 0. The highest BCUT2D eigenvalue weighted by Gasteiger charge is 2.17. The molecule has 1 aromatic heterocycles. The number of anilines is 1. The number of aromatic nitrogens is 1. The number of nitrogens with zero attached hydrogens (tertiary/aromatic N) is 2. The molecule has 4 rings (SSSR count). The third-order valence-corrected chi connectivity index (χ3v) is 4.88. The number of benzene rings is 2. The topological polar surface area (TPSA) is 16.1 Å². The summed E-state index contributed by atoms with van der Waals surface area (Å²) in [6, 6.07) is 13.9. The van der Waals surface area contributed by atoms with Crippen LogP contribution in [0.4, 0.5) is 10.1 Å². The lowest BCUT2D eigenvalue weighted by Crippen LogP contribution is -2.20. The summed E-state index contributed by atoms with van der Waals surface area (Å²) in [4.78, 5) is 6.80. The molecule has 0 saturated heterocycles. The van der Waals surface area contributed by atoms with Gasteiger partial charge in [-0.25, -0.2) is 4.39 Å². The number of aryl methyl sites for hydroxylation is 1. The van der Waals surface area contributed by atoms with E-state index in [-0.39, 0.29) is 5.82 Å². The van der Waals surface area contributed by atoms with Crippen molar-refractivity contribution in [3.8, 4) is 11.3 Å². The fraction of sp³-hybridized carbons (Fsp3) is 0.0952. The monoisotopic (exact) mass is 384 g/mol. The largest absolute Gasteiger partial charge is 0.343 e. The second-order valence-electron chi connectivity index (χ2n) is 6.24. The van der Waals surface area contributed by atoms with E-state index in [1.807, 2.05) is 31.3 Å². The Morgan fingerprint density at radius 3 is 2.38 bits per heavy atom. The van der Waals surface area contributed by atoms with E-state index < -0.39 is 0 Å². The number of halogens is 3. The van der Waals surface area contributed by atoms with Crippen molar-refractivity contribution in [3.63, 3.8) is 0 Å². The molecular weight excluding hydrogens is 370 g/mol. The van der Waals surface area contributed by atoms with Crippen LogP contribution in [-0.4, -0.2) is 4.98 Å². The Labute approximate surface area is 161 Å². The molecule has 0 N–H and O–H groups in total. The number of hydrogen-bond acceptors (Lipinski definition) is 2. The van der Waals surface area contributed by atoms with Crippen LogP contribution in [0.5, 0.6) is 0 Å². The maximum absolute atomic E-state index is 13.2. The third kappa shape index (κ3) is 3.33. The van der Waals surface area contributed by atoms with Crippen molar-refractivity contribution < 1.29 is 4.39 Å². The van der Waals surface area contributed by atoms with Crippen LogP contribution in [0, 0.1) is 12.7 Å². The summed E-state index contributed by atoms with van der Waals surface area (Å²) >= 11 is 12.3. The summed E-state index contributed by atoms with van der Waals surface area (Å²) in [5.41, 5.74) is 5.88. The SMILES string of the molecule is Cc1nc(-c2ccc(F)cc2)cc2c1CN(c1cc(Cl)cc(Cl)c1)C=C2. The van der Waals surface area contributed by atoms with Crippen LogP contribution >= 0.6 is 23.2 Å². The molecule has 0 atom stereocenters. The molecule has 26 heavy (non-hydrogen) atoms. The van der Waals surface area contributed by atoms with Gasteiger partial charge in [-0.15, -0.1) is 0 Å². The van der Waals surface area contributed by atoms with Gasteiger partial charge in [-0.05, 0) is 67.1 Å². The molecule has 0 bridgehead atoms. The van der Waals surface area contributed by atoms with Gasteiger partial charge < -0.3 is 4.90 Å². The van der Waals surface area contributed by atoms with Gasteiger partial charge >= 0.3 is 0 Å². The van der Waals surface area contributed by atoms with Crippen molar-refractivity contribution in [1.29, 1.82) is 0 Å². The lowest BCUT2D eigenvalue weighted by molar-refractivity contribution is 0.628. The minimum atomic E-state index is -0.251. The fourth-order valence-corrected chi connectivity index (χ4v) is 3.64. The average molecular weight is 385 g/mol. The number of pyridine rings is 1. The standard InChI is InChI=1S/C21H15Cl2FN2/c1-13-20-12-26(19-10-16(22)9-17(23)11-19)7-6-15(20)8-21(25-13)14-2-4-18(24)5-3-14/h2-11H,12H2,1H3. The quantitative estimate of drug-likeness (QED) is 0.501. The van der Waals surface area contributed by atoms with Gasteiger partial charge in [0.25, 0.3) is 0 Å². The van der Waals surface area contributed by atoms with Crippen LogP contribution < -0.4 is 4.90 Å². The van der Waals surface area contributed by atoms with Crippen LogP contribution in [0.25, 0.3) is 17.3 Å². The molecule has 130 valence electrons.